The van der Waals surface area contributed by atoms with Crippen molar-refractivity contribution in [2.45, 2.75) is 13.0 Å². The van der Waals surface area contributed by atoms with E-state index in [-0.39, 0.29) is 6.10 Å². The minimum Gasteiger partial charge on any atom is -0.496 e. The van der Waals surface area contributed by atoms with E-state index < -0.39 is 0 Å². The first-order valence-corrected chi connectivity index (χ1v) is 7.14. The van der Waals surface area contributed by atoms with Gasteiger partial charge in [0.2, 0.25) is 0 Å². The third-order valence-corrected chi connectivity index (χ3v) is 3.99. The smallest absolute Gasteiger partial charge is 0.145 e. The molecule has 1 unspecified atom stereocenters. The number of methoxy groups -OCH3 is 2. The third-order valence-electron chi connectivity index (χ3n) is 2.90. The molecule has 0 aliphatic carbocycles. The van der Waals surface area contributed by atoms with Gasteiger partial charge in [-0.15, -0.1) is 11.3 Å². The average Bonchev–Trinajstić information content (AvgIpc) is 2.90. The molecule has 1 atom stereocenters. The molecular formula is C15H19NO3S. The molecule has 1 aromatic heterocycles. The van der Waals surface area contributed by atoms with E-state index in [2.05, 4.69) is 19.1 Å². The molecule has 2 rings (SSSR count). The van der Waals surface area contributed by atoms with E-state index in [0.29, 0.717) is 23.8 Å². The molecule has 4 nitrogen and oxygen atoms in total. The van der Waals surface area contributed by atoms with Gasteiger partial charge in [0, 0.05) is 34.5 Å². The number of hydrogen-bond acceptors (Lipinski definition) is 5. The van der Waals surface area contributed by atoms with Crippen LogP contribution in [0.25, 0.3) is 0 Å². The van der Waals surface area contributed by atoms with Gasteiger partial charge in [-0.2, -0.15) is 0 Å². The lowest BCUT2D eigenvalue weighted by atomic mass is 10.2. The Morgan fingerprint density at radius 1 is 1.05 bits per heavy atom. The largest absolute Gasteiger partial charge is 0.496 e. The first-order valence-electron chi connectivity index (χ1n) is 6.32. The fraction of sp³-hybridized carbons (Fsp3) is 0.333. The quantitative estimate of drug-likeness (QED) is 0.889. The molecule has 0 bridgehead atoms. The van der Waals surface area contributed by atoms with Gasteiger partial charge in [-0.25, -0.2) is 0 Å². The highest BCUT2D eigenvalue weighted by atomic mass is 32.1. The lowest BCUT2D eigenvalue weighted by Crippen LogP contribution is -2.17. The van der Waals surface area contributed by atoms with Crippen LogP contribution in [0.5, 0.6) is 17.2 Å². The Labute approximate surface area is 123 Å². The summed E-state index contributed by atoms with van der Waals surface area (Å²) in [6.07, 6.45) is -0.162. The highest BCUT2D eigenvalue weighted by molar-refractivity contribution is 7.12. The van der Waals surface area contributed by atoms with Crippen LogP contribution in [-0.2, 0) is 0 Å². The standard InChI is InChI=1S/C15H19NO3S/c1-10-4-5-15(20-10)14(9-16)19-13-7-11(17-2)6-12(8-13)18-3/h4-8,14H,9,16H2,1-3H3. The highest BCUT2D eigenvalue weighted by Gasteiger charge is 2.14. The molecular weight excluding hydrogens is 274 g/mol. The van der Waals surface area contributed by atoms with Crippen molar-refractivity contribution in [2.24, 2.45) is 5.73 Å². The molecule has 0 aliphatic rings. The van der Waals surface area contributed by atoms with Gasteiger partial charge in [0.15, 0.2) is 0 Å². The van der Waals surface area contributed by atoms with Gasteiger partial charge in [-0.05, 0) is 19.1 Å². The topological polar surface area (TPSA) is 53.7 Å². The van der Waals surface area contributed by atoms with Gasteiger partial charge < -0.3 is 19.9 Å². The van der Waals surface area contributed by atoms with Crippen LogP contribution < -0.4 is 19.9 Å². The zero-order valence-corrected chi connectivity index (χ0v) is 12.7. The van der Waals surface area contributed by atoms with Crippen molar-refractivity contribution in [3.05, 3.63) is 40.1 Å². The molecule has 20 heavy (non-hydrogen) atoms. The molecule has 0 fully saturated rings. The second-order valence-electron chi connectivity index (χ2n) is 4.34. The molecule has 0 aliphatic heterocycles. The Balaban J connectivity index is 2.22. The van der Waals surface area contributed by atoms with Gasteiger partial charge >= 0.3 is 0 Å². The average molecular weight is 293 g/mol. The van der Waals surface area contributed by atoms with Crippen molar-refractivity contribution in [1.82, 2.24) is 0 Å². The minimum atomic E-state index is -0.162. The summed E-state index contributed by atoms with van der Waals surface area (Å²) < 4.78 is 16.4. The number of thiophene rings is 1. The molecule has 1 heterocycles. The Bertz CT molecular complexity index is 546. The Morgan fingerprint density at radius 3 is 2.10 bits per heavy atom. The van der Waals surface area contributed by atoms with Crippen LogP contribution in [-0.4, -0.2) is 20.8 Å². The first kappa shape index (κ1) is 14.7. The first-order chi connectivity index (χ1) is 9.66. The predicted molar refractivity (Wildman–Crippen MR) is 81.0 cm³/mol. The number of nitrogens with two attached hydrogens (primary N) is 1. The molecule has 108 valence electrons. The normalized spacial score (nSPS) is 12.0. The van der Waals surface area contributed by atoms with E-state index in [0.717, 1.165) is 4.88 Å². The van der Waals surface area contributed by atoms with Crippen molar-refractivity contribution in [3.63, 3.8) is 0 Å². The van der Waals surface area contributed by atoms with Gasteiger partial charge in [0.05, 0.1) is 14.2 Å². The SMILES string of the molecule is COc1cc(OC)cc(OC(CN)c2ccc(C)s2)c1. The highest BCUT2D eigenvalue weighted by Crippen LogP contribution is 2.32. The van der Waals surface area contributed by atoms with Crippen LogP contribution >= 0.6 is 11.3 Å². The van der Waals surface area contributed by atoms with E-state index in [1.54, 1.807) is 31.6 Å². The van der Waals surface area contributed by atoms with E-state index >= 15 is 0 Å². The van der Waals surface area contributed by atoms with Gasteiger partial charge in [-0.1, -0.05) is 0 Å². The van der Waals surface area contributed by atoms with Crippen LogP contribution in [0.15, 0.2) is 30.3 Å². The van der Waals surface area contributed by atoms with Gasteiger partial charge in [0.1, 0.15) is 23.4 Å². The summed E-state index contributed by atoms with van der Waals surface area (Å²) in [7, 11) is 3.23. The van der Waals surface area contributed by atoms with Gasteiger partial charge in [-0.3, -0.25) is 0 Å². The fourth-order valence-corrected chi connectivity index (χ4v) is 2.78. The maximum atomic E-state index is 5.97. The third kappa shape index (κ3) is 3.43. The molecule has 5 heteroatoms. The summed E-state index contributed by atoms with van der Waals surface area (Å²) in [6, 6.07) is 9.57. The zero-order valence-electron chi connectivity index (χ0n) is 11.9. The van der Waals surface area contributed by atoms with Crippen LogP contribution in [0.3, 0.4) is 0 Å². The number of aryl methyl sites for hydroxylation is 1. The number of ether oxygens (including phenoxy) is 3. The molecule has 0 amide bonds. The van der Waals surface area contributed by atoms with Crippen molar-refractivity contribution < 1.29 is 14.2 Å². The summed E-state index contributed by atoms with van der Waals surface area (Å²) in [6.45, 7) is 2.48. The summed E-state index contributed by atoms with van der Waals surface area (Å²) in [5, 5.41) is 0. The van der Waals surface area contributed by atoms with Crippen molar-refractivity contribution in [2.75, 3.05) is 20.8 Å². The van der Waals surface area contributed by atoms with Crippen LogP contribution in [0, 0.1) is 6.92 Å². The van der Waals surface area contributed by atoms with Gasteiger partial charge in [0.25, 0.3) is 0 Å². The molecule has 0 saturated heterocycles. The second-order valence-corrected chi connectivity index (χ2v) is 5.66. The number of rotatable bonds is 6. The lowest BCUT2D eigenvalue weighted by molar-refractivity contribution is 0.216. The Hall–Kier alpha value is -1.72. The van der Waals surface area contributed by atoms with Crippen molar-refractivity contribution >= 4 is 11.3 Å². The lowest BCUT2D eigenvalue weighted by Gasteiger charge is -2.17. The number of benzene rings is 1. The molecule has 2 aromatic rings. The predicted octanol–water partition coefficient (Wildman–Crippen LogP) is 3.15. The van der Waals surface area contributed by atoms with Crippen LogP contribution in [0.4, 0.5) is 0 Å². The monoisotopic (exact) mass is 293 g/mol. The fourth-order valence-electron chi connectivity index (χ4n) is 1.86. The van der Waals surface area contributed by atoms with E-state index in [1.807, 2.05) is 12.1 Å². The van der Waals surface area contributed by atoms with E-state index in [9.17, 15) is 0 Å². The minimum absolute atomic E-state index is 0.162. The molecule has 0 spiro atoms. The summed E-state index contributed by atoms with van der Waals surface area (Å²) in [5.74, 6) is 2.07. The Morgan fingerprint density at radius 2 is 1.65 bits per heavy atom. The van der Waals surface area contributed by atoms with E-state index in [4.69, 9.17) is 19.9 Å². The van der Waals surface area contributed by atoms with Crippen molar-refractivity contribution in [3.8, 4) is 17.2 Å². The van der Waals surface area contributed by atoms with Crippen LogP contribution in [0.2, 0.25) is 0 Å². The molecule has 0 saturated carbocycles. The maximum Gasteiger partial charge on any atom is 0.145 e. The zero-order chi connectivity index (χ0) is 14.5. The second kappa shape index (κ2) is 6.63. The summed E-state index contributed by atoms with van der Waals surface area (Å²) >= 11 is 1.69. The van der Waals surface area contributed by atoms with Crippen LogP contribution in [0.1, 0.15) is 15.9 Å². The maximum absolute atomic E-state index is 5.97. The molecule has 0 radical (unpaired) electrons. The van der Waals surface area contributed by atoms with E-state index in [1.165, 1.54) is 4.88 Å². The summed E-state index contributed by atoms with van der Waals surface area (Å²) in [4.78, 5) is 2.36. The molecule has 2 N–H and O–H groups in total. The Kier molecular flexibility index (Phi) is 4.87. The van der Waals surface area contributed by atoms with Crippen molar-refractivity contribution in [1.29, 1.82) is 0 Å². The summed E-state index contributed by atoms with van der Waals surface area (Å²) in [5.41, 5.74) is 5.82. The molecule has 1 aromatic carbocycles. The number of hydrogen-bond donors (Lipinski definition) is 1.